The molecule has 1 fully saturated rings. The molecule has 0 unspecified atom stereocenters. The molecule has 0 radical (unpaired) electrons. The van der Waals surface area contributed by atoms with Crippen molar-refractivity contribution in [2.45, 2.75) is 12.8 Å². The zero-order valence-corrected chi connectivity index (χ0v) is 12.4. The molecule has 2 aromatic heterocycles. The second-order valence-electron chi connectivity index (χ2n) is 5.46. The van der Waals surface area contributed by atoms with Crippen molar-refractivity contribution in [2.24, 2.45) is 0 Å². The van der Waals surface area contributed by atoms with Gasteiger partial charge in [0.15, 0.2) is 0 Å². The van der Waals surface area contributed by atoms with Gasteiger partial charge in [-0.05, 0) is 43.0 Å². The van der Waals surface area contributed by atoms with Crippen molar-refractivity contribution in [3.8, 4) is 0 Å². The second kappa shape index (κ2) is 4.72. The lowest BCUT2D eigenvalue weighted by atomic mass is 9.95. The van der Waals surface area contributed by atoms with E-state index in [9.17, 15) is 0 Å². The number of fused-ring (bicyclic) bond motifs is 2. The van der Waals surface area contributed by atoms with E-state index in [0.29, 0.717) is 0 Å². The Morgan fingerprint density at radius 2 is 2.10 bits per heavy atom. The van der Waals surface area contributed by atoms with E-state index in [1.165, 1.54) is 16.0 Å². The van der Waals surface area contributed by atoms with Crippen LogP contribution in [0.25, 0.3) is 17.8 Å². The maximum atomic E-state index is 4.62. The number of nitrogens with zero attached hydrogens (tertiary/aromatic N) is 3. The van der Waals surface area contributed by atoms with E-state index >= 15 is 0 Å². The Hall–Kier alpha value is -1.65. The van der Waals surface area contributed by atoms with Crippen LogP contribution in [0, 0.1) is 0 Å². The predicted octanol–water partition coefficient (Wildman–Crippen LogP) is 3.41. The molecule has 0 saturated carbocycles. The van der Waals surface area contributed by atoms with Crippen LogP contribution in [0.3, 0.4) is 0 Å². The molecule has 0 bridgehead atoms. The molecule has 1 saturated heterocycles. The fourth-order valence-electron chi connectivity index (χ4n) is 3.00. The normalized spacial score (nSPS) is 18.9. The highest BCUT2D eigenvalue weighted by Crippen LogP contribution is 2.38. The lowest BCUT2D eigenvalue weighted by molar-refractivity contribution is 0.313. The molecule has 4 heteroatoms. The summed E-state index contributed by atoms with van der Waals surface area (Å²) in [4.78, 5) is 8.40. The summed E-state index contributed by atoms with van der Waals surface area (Å²) in [5, 5.41) is 2.18. The highest BCUT2D eigenvalue weighted by atomic mass is 32.1. The summed E-state index contributed by atoms with van der Waals surface area (Å²) in [5.41, 5.74) is 4.25. The number of thiophene rings is 1. The first-order valence-corrected chi connectivity index (χ1v) is 7.91. The van der Waals surface area contributed by atoms with Crippen molar-refractivity contribution < 1.29 is 0 Å². The highest BCUT2D eigenvalue weighted by Gasteiger charge is 2.23. The van der Waals surface area contributed by atoms with E-state index in [1.807, 2.05) is 23.7 Å². The Balaban J connectivity index is 1.92. The Labute approximate surface area is 122 Å². The molecule has 102 valence electrons. The molecule has 4 rings (SSSR count). The molecule has 0 aromatic carbocycles. The Morgan fingerprint density at radius 3 is 2.95 bits per heavy atom. The standard InChI is InChI=1S/C16H17N3S/c1-18-7-2-12(3-8-18)14-15-13(5-11-20-15)4-9-19-10-6-17-16(14)19/h4-6,9-11H,2-3,7-8H2,1H3. The van der Waals surface area contributed by atoms with Crippen LogP contribution in [-0.4, -0.2) is 34.6 Å². The summed E-state index contributed by atoms with van der Waals surface area (Å²) in [6.45, 7) is 2.29. The number of aromatic nitrogens is 2. The fourth-order valence-corrected chi connectivity index (χ4v) is 3.98. The lowest BCUT2D eigenvalue weighted by Gasteiger charge is -2.26. The van der Waals surface area contributed by atoms with Crippen LogP contribution >= 0.6 is 11.3 Å². The van der Waals surface area contributed by atoms with E-state index in [1.54, 1.807) is 5.57 Å². The van der Waals surface area contributed by atoms with E-state index in [0.717, 1.165) is 31.8 Å². The van der Waals surface area contributed by atoms with Crippen LogP contribution in [0.4, 0.5) is 0 Å². The quantitative estimate of drug-likeness (QED) is 0.630. The molecule has 0 N–H and O–H groups in total. The van der Waals surface area contributed by atoms with Crippen molar-refractivity contribution in [1.29, 1.82) is 0 Å². The lowest BCUT2D eigenvalue weighted by Crippen LogP contribution is -2.27. The number of hydrogen-bond donors (Lipinski definition) is 0. The van der Waals surface area contributed by atoms with Crippen molar-refractivity contribution in [3.63, 3.8) is 0 Å². The molecular weight excluding hydrogens is 266 g/mol. The summed E-state index contributed by atoms with van der Waals surface area (Å²) in [5.74, 6) is 1.10. The van der Waals surface area contributed by atoms with Crippen LogP contribution in [0.1, 0.15) is 29.1 Å². The van der Waals surface area contributed by atoms with Crippen molar-refractivity contribution in [2.75, 3.05) is 20.1 Å². The SMILES string of the molecule is CN1CCC(=C2c3sccc3C=Cn3ccnc32)CC1. The first kappa shape index (κ1) is 12.1. The van der Waals surface area contributed by atoms with Gasteiger partial charge in [0.25, 0.3) is 0 Å². The minimum Gasteiger partial charge on any atom is -0.307 e. The minimum absolute atomic E-state index is 1.10. The molecule has 2 aliphatic rings. The fraction of sp³-hybridized carbons (Fsp3) is 0.312. The van der Waals surface area contributed by atoms with Crippen LogP contribution < -0.4 is 0 Å². The zero-order chi connectivity index (χ0) is 13.5. The van der Waals surface area contributed by atoms with E-state index in [-0.39, 0.29) is 0 Å². The van der Waals surface area contributed by atoms with Crippen LogP contribution in [0.15, 0.2) is 29.4 Å². The Bertz CT molecular complexity index is 649. The first-order valence-electron chi connectivity index (χ1n) is 7.03. The monoisotopic (exact) mass is 283 g/mol. The van der Waals surface area contributed by atoms with Gasteiger partial charge in [-0.2, -0.15) is 0 Å². The number of piperidine rings is 1. The van der Waals surface area contributed by atoms with Crippen LogP contribution in [0.5, 0.6) is 0 Å². The van der Waals surface area contributed by atoms with Gasteiger partial charge in [0.1, 0.15) is 5.82 Å². The van der Waals surface area contributed by atoms with Gasteiger partial charge in [-0.3, -0.25) is 0 Å². The molecular formula is C16H17N3S. The topological polar surface area (TPSA) is 21.1 Å². The average molecular weight is 283 g/mol. The van der Waals surface area contributed by atoms with E-state index in [2.05, 4.69) is 45.2 Å². The maximum Gasteiger partial charge on any atom is 0.145 e. The van der Waals surface area contributed by atoms with Crippen molar-refractivity contribution >= 4 is 29.2 Å². The molecule has 20 heavy (non-hydrogen) atoms. The van der Waals surface area contributed by atoms with Crippen LogP contribution in [-0.2, 0) is 0 Å². The summed E-state index contributed by atoms with van der Waals surface area (Å²) in [6.07, 6.45) is 10.5. The summed E-state index contributed by atoms with van der Waals surface area (Å²) in [7, 11) is 2.20. The number of rotatable bonds is 0. The summed E-state index contributed by atoms with van der Waals surface area (Å²) >= 11 is 1.83. The summed E-state index contributed by atoms with van der Waals surface area (Å²) < 4.78 is 2.15. The van der Waals surface area contributed by atoms with Gasteiger partial charge in [0.2, 0.25) is 0 Å². The molecule has 0 spiro atoms. The number of hydrogen-bond acceptors (Lipinski definition) is 3. The molecule has 3 nitrogen and oxygen atoms in total. The molecule has 2 aromatic rings. The van der Waals surface area contributed by atoms with Gasteiger partial charge < -0.3 is 9.47 Å². The zero-order valence-electron chi connectivity index (χ0n) is 11.5. The van der Waals surface area contributed by atoms with Gasteiger partial charge in [-0.1, -0.05) is 5.57 Å². The third-order valence-corrected chi connectivity index (χ3v) is 5.12. The van der Waals surface area contributed by atoms with Crippen molar-refractivity contribution in [3.05, 3.63) is 45.7 Å². The molecule has 0 atom stereocenters. The van der Waals surface area contributed by atoms with Crippen molar-refractivity contribution in [1.82, 2.24) is 14.5 Å². The van der Waals surface area contributed by atoms with E-state index in [4.69, 9.17) is 0 Å². The van der Waals surface area contributed by atoms with E-state index < -0.39 is 0 Å². The number of imidazole rings is 1. The highest BCUT2D eigenvalue weighted by molar-refractivity contribution is 7.11. The third-order valence-electron chi connectivity index (χ3n) is 4.17. The third kappa shape index (κ3) is 1.87. The minimum atomic E-state index is 1.10. The number of likely N-dealkylation sites (tertiary alicyclic amines) is 1. The molecule has 4 heterocycles. The Kier molecular flexibility index (Phi) is 2.86. The van der Waals surface area contributed by atoms with Gasteiger partial charge in [0.05, 0.1) is 0 Å². The predicted molar refractivity (Wildman–Crippen MR) is 84.5 cm³/mol. The maximum absolute atomic E-state index is 4.62. The molecule has 0 aliphatic carbocycles. The summed E-state index contributed by atoms with van der Waals surface area (Å²) in [6, 6.07) is 2.21. The smallest absolute Gasteiger partial charge is 0.145 e. The molecule has 0 amide bonds. The average Bonchev–Trinajstić information content (AvgIpc) is 3.07. The first-order chi connectivity index (χ1) is 9.83. The van der Waals surface area contributed by atoms with Gasteiger partial charge >= 0.3 is 0 Å². The molecule has 2 aliphatic heterocycles. The largest absolute Gasteiger partial charge is 0.307 e. The van der Waals surface area contributed by atoms with Gasteiger partial charge in [-0.25, -0.2) is 4.98 Å². The van der Waals surface area contributed by atoms with Gasteiger partial charge in [-0.15, -0.1) is 11.3 Å². The Morgan fingerprint density at radius 1 is 1.25 bits per heavy atom. The van der Waals surface area contributed by atoms with Gasteiger partial charge in [0, 0.05) is 42.1 Å². The second-order valence-corrected chi connectivity index (χ2v) is 6.38. The van der Waals surface area contributed by atoms with Crippen LogP contribution in [0.2, 0.25) is 0 Å².